The number of thiazole rings is 1. The van der Waals surface area contributed by atoms with E-state index in [0.29, 0.717) is 0 Å². The van der Waals surface area contributed by atoms with Crippen molar-refractivity contribution in [3.63, 3.8) is 0 Å². The van der Waals surface area contributed by atoms with Crippen molar-refractivity contribution >= 4 is 22.9 Å². The van der Waals surface area contributed by atoms with Crippen molar-refractivity contribution in [3.8, 4) is 0 Å². The summed E-state index contributed by atoms with van der Waals surface area (Å²) in [7, 11) is 0. The number of hydrogen-bond donors (Lipinski definition) is 1. The Morgan fingerprint density at radius 3 is 2.74 bits per heavy atom. The van der Waals surface area contributed by atoms with Gasteiger partial charge in [0.05, 0.1) is 16.4 Å². The third-order valence-corrected chi connectivity index (χ3v) is 4.33. The molecule has 0 fully saturated rings. The zero-order chi connectivity index (χ0) is 13.8. The largest absolute Gasteiger partial charge is 0.305 e. The fourth-order valence-electron chi connectivity index (χ4n) is 1.96. The van der Waals surface area contributed by atoms with Gasteiger partial charge < -0.3 is 5.32 Å². The van der Waals surface area contributed by atoms with Gasteiger partial charge in [0, 0.05) is 30.7 Å². The summed E-state index contributed by atoms with van der Waals surface area (Å²) < 4.78 is 1.97. The first-order chi connectivity index (χ1) is 9.15. The molecule has 0 amide bonds. The number of nitrogens with zero attached hydrogens (tertiary/aromatic N) is 3. The molecule has 4 nitrogen and oxygen atoms in total. The van der Waals surface area contributed by atoms with E-state index < -0.39 is 0 Å². The van der Waals surface area contributed by atoms with Crippen LogP contribution in [-0.4, -0.2) is 14.8 Å². The maximum atomic E-state index is 6.36. The minimum Gasteiger partial charge on any atom is -0.305 e. The maximum Gasteiger partial charge on any atom is 0.107 e. The second-order valence-corrected chi connectivity index (χ2v) is 5.68. The lowest BCUT2D eigenvalue weighted by Crippen LogP contribution is -2.16. The average molecular weight is 299 g/mol. The number of aryl methyl sites for hydroxylation is 3. The van der Waals surface area contributed by atoms with Crippen molar-refractivity contribution in [2.75, 3.05) is 0 Å². The van der Waals surface area contributed by atoms with Crippen LogP contribution in [0.3, 0.4) is 0 Å². The van der Waals surface area contributed by atoms with E-state index in [1.54, 1.807) is 11.3 Å². The molecular formula is C13H19ClN4S. The predicted octanol–water partition coefficient (Wildman–Crippen LogP) is 3.17. The van der Waals surface area contributed by atoms with Crippen molar-refractivity contribution in [2.45, 2.75) is 46.8 Å². The van der Waals surface area contributed by atoms with Crippen molar-refractivity contribution < 1.29 is 0 Å². The highest BCUT2D eigenvalue weighted by atomic mass is 35.5. The molecule has 0 aliphatic rings. The van der Waals surface area contributed by atoms with E-state index in [0.717, 1.165) is 53.2 Å². The van der Waals surface area contributed by atoms with E-state index in [4.69, 9.17) is 11.6 Å². The molecule has 0 aliphatic heterocycles. The standard InChI is InChI=1S/C13H19ClN4S/c1-4-10-13(14)11(18(5-2)17-10)6-15-7-12-16-9(3)8-19-12/h8,15H,4-7H2,1-3H3. The Bertz CT molecular complexity index is 547. The normalized spacial score (nSPS) is 11.2. The van der Waals surface area contributed by atoms with Gasteiger partial charge in [-0.1, -0.05) is 18.5 Å². The van der Waals surface area contributed by atoms with Gasteiger partial charge in [-0.05, 0) is 20.3 Å². The summed E-state index contributed by atoms with van der Waals surface area (Å²) in [5.41, 5.74) is 3.12. The predicted molar refractivity (Wildman–Crippen MR) is 79.7 cm³/mol. The minimum absolute atomic E-state index is 0.721. The lowest BCUT2D eigenvalue weighted by molar-refractivity contribution is 0.577. The molecule has 0 aromatic carbocycles. The van der Waals surface area contributed by atoms with Crippen LogP contribution in [0.25, 0.3) is 0 Å². The summed E-state index contributed by atoms with van der Waals surface area (Å²) >= 11 is 8.04. The van der Waals surface area contributed by atoms with Crippen molar-refractivity contribution in [1.82, 2.24) is 20.1 Å². The molecule has 0 atom stereocenters. The third kappa shape index (κ3) is 3.35. The molecule has 0 bridgehead atoms. The first-order valence-corrected chi connectivity index (χ1v) is 7.77. The molecule has 0 saturated heterocycles. The van der Waals surface area contributed by atoms with E-state index in [1.807, 2.05) is 11.6 Å². The monoisotopic (exact) mass is 298 g/mol. The Morgan fingerprint density at radius 2 is 2.16 bits per heavy atom. The van der Waals surface area contributed by atoms with Crippen molar-refractivity contribution in [2.24, 2.45) is 0 Å². The molecule has 1 N–H and O–H groups in total. The SMILES string of the molecule is CCc1nn(CC)c(CNCc2nc(C)cs2)c1Cl. The Morgan fingerprint density at radius 1 is 1.37 bits per heavy atom. The number of nitrogens with one attached hydrogen (secondary N) is 1. The quantitative estimate of drug-likeness (QED) is 0.891. The molecule has 0 saturated carbocycles. The van der Waals surface area contributed by atoms with Gasteiger partial charge in [-0.15, -0.1) is 11.3 Å². The van der Waals surface area contributed by atoms with Gasteiger partial charge in [-0.25, -0.2) is 4.98 Å². The Labute approximate surface area is 122 Å². The van der Waals surface area contributed by atoms with Crippen LogP contribution in [0.15, 0.2) is 5.38 Å². The molecule has 2 aromatic rings. The summed E-state index contributed by atoms with van der Waals surface area (Å²) in [5.74, 6) is 0. The van der Waals surface area contributed by atoms with Gasteiger partial charge in [0.1, 0.15) is 5.01 Å². The molecule has 2 aromatic heterocycles. The summed E-state index contributed by atoms with van der Waals surface area (Å²) in [6.07, 6.45) is 0.866. The zero-order valence-electron chi connectivity index (χ0n) is 11.5. The highest BCUT2D eigenvalue weighted by Gasteiger charge is 2.13. The molecule has 19 heavy (non-hydrogen) atoms. The van der Waals surface area contributed by atoms with E-state index >= 15 is 0 Å². The van der Waals surface area contributed by atoms with Crippen LogP contribution in [0.2, 0.25) is 5.02 Å². The summed E-state index contributed by atoms with van der Waals surface area (Å²) in [6, 6.07) is 0. The Kier molecular flexibility index (Phi) is 4.96. The first-order valence-electron chi connectivity index (χ1n) is 6.51. The van der Waals surface area contributed by atoms with Crippen LogP contribution in [0.1, 0.15) is 35.9 Å². The fraction of sp³-hybridized carbons (Fsp3) is 0.538. The summed E-state index contributed by atoms with van der Waals surface area (Å²) in [6.45, 7) is 8.49. The average Bonchev–Trinajstić information content (AvgIpc) is 2.94. The Hall–Kier alpha value is -0.910. The highest BCUT2D eigenvalue weighted by molar-refractivity contribution is 7.09. The molecule has 2 heterocycles. The second-order valence-electron chi connectivity index (χ2n) is 4.36. The second kappa shape index (κ2) is 6.50. The topological polar surface area (TPSA) is 42.7 Å². The molecule has 6 heteroatoms. The smallest absolute Gasteiger partial charge is 0.107 e. The van der Waals surface area contributed by atoms with Gasteiger partial charge in [0.15, 0.2) is 0 Å². The maximum absolute atomic E-state index is 6.36. The molecule has 0 radical (unpaired) electrons. The van der Waals surface area contributed by atoms with Crippen LogP contribution < -0.4 is 5.32 Å². The summed E-state index contributed by atoms with van der Waals surface area (Å²) in [4.78, 5) is 4.43. The molecule has 0 spiro atoms. The summed E-state index contributed by atoms with van der Waals surface area (Å²) in [5, 5.41) is 11.9. The van der Waals surface area contributed by atoms with E-state index in [-0.39, 0.29) is 0 Å². The molecule has 0 unspecified atom stereocenters. The third-order valence-electron chi connectivity index (χ3n) is 2.93. The number of hydrogen-bond acceptors (Lipinski definition) is 4. The highest BCUT2D eigenvalue weighted by Crippen LogP contribution is 2.21. The number of rotatable bonds is 6. The van der Waals surface area contributed by atoms with Gasteiger partial charge in [0.25, 0.3) is 0 Å². The van der Waals surface area contributed by atoms with Crippen molar-refractivity contribution in [1.29, 1.82) is 0 Å². The number of aromatic nitrogens is 3. The van der Waals surface area contributed by atoms with Gasteiger partial charge >= 0.3 is 0 Å². The molecule has 104 valence electrons. The van der Waals surface area contributed by atoms with Crippen LogP contribution in [0, 0.1) is 6.92 Å². The van der Waals surface area contributed by atoms with Crippen LogP contribution >= 0.6 is 22.9 Å². The molecule has 2 rings (SSSR count). The Balaban J connectivity index is 2.00. The first kappa shape index (κ1) is 14.5. The van der Waals surface area contributed by atoms with Crippen LogP contribution in [-0.2, 0) is 26.1 Å². The van der Waals surface area contributed by atoms with E-state index in [1.165, 1.54) is 0 Å². The lowest BCUT2D eigenvalue weighted by Gasteiger charge is -2.06. The van der Waals surface area contributed by atoms with E-state index in [9.17, 15) is 0 Å². The van der Waals surface area contributed by atoms with Crippen LogP contribution in [0.4, 0.5) is 0 Å². The van der Waals surface area contributed by atoms with Gasteiger partial charge in [0.2, 0.25) is 0 Å². The van der Waals surface area contributed by atoms with Crippen molar-refractivity contribution in [3.05, 3.63) is 32.5 Å². The van der Waals surface area contributed by atoms with Crippen LogP contribution in [0.5, 0.6) is 0 Å². The van der Waals surface area contributed by atoms with E-state index in [2.05, 4.69) is 34.6 Å². The molecular weight excluding hydrogens is 280 g/mol. The zero-order valence-corrected chi connectivity index (χ0v) is 13.1. The number of halogens is 1. The minimum atomic E-state index is 0.721. The lowest BCUT2D eigenvalue weighted by atomic mass is 10.3. The van der Waals surface area contributed by atoms with Gasteiger partial charge in [-0.2, -0.15) is 5.10 Å². The fourth-order valence-corrected chi connectivity index (χ4v) is 3.04. The van der Waals surface area contributed by atoms with Gasteiger partial charge in [-0.3, -0.25) is 4.68 Å². The molecule has 0 aliphatic carbocycles.